The Balaban J connectivity index is 1.76. The average molecular weight is 442 g/mol. The molecule has 2 heterocycles. The Bertz CT molecular complexity index is 648. The number of hydrogen-bond donors (Lipinski definition) is 0. The van der Waals surface area contributed by atoms with Crippen molar-refractivity contribution in [3.05, 3.63) is 22.2 Å². The van der Waals surface area contributed by atoms with Crippen LogP contribution >= 0.6 is 15.9 Å². The number of likely N-dealkylation sites (tertiary alicyclic amines) is 1. The van der Waals surface area contributed by atoms with Crippen molar-refractivity contribution < 1.29 is 23.7 Å². The summed E-state index contributed by atoms with van der Waals surface area (Å²) in [4.78, 5) is 15.0. The molecule has 2 fully saturated rings. The second-order valence-corrected chi connectivity index (χ2v) is 7.55. The molecule has 1 amide bonds. The number of carbonyl (C=O) groups is 1. The Morgan fingerprint density at radius 1 is 1.15 bits per heavy atom. The lowest BCUT2D eigenvalue weighted by atomic mass is 10.00. The number of rotatable bonds is 7. The maximum atomic E-state index is 13.1. The fourth-order valence-corrected chi connectivity index (χ4v) is 4.13. The van der Waals surface area contributed by atoms with E-state index < -0.39 is 0 Å². The lowest BCUT2D eigenvalue weighted by molar-refractivity contribution is -0.149. The van der Waals surface area contributed by atoms with Crippen molar-refractivity contribution in [1.29, 1.82) is 0 Å². The van der Waals surface area contributed by atoms with Crippen molar-refractivity contribution in [2.24, 2.45) is 0 Å². The quantitative estimate of drug-likeness (QED) is 0.647. The highest BCUT2D eigenvalue weighted by atomic mass is 79.9. The van der Waals surface area contributed by atoms with E-state index in [1.807, 2.05) is 30.9 Å². The molecule has 6 nitrogen and oxygen atoms in total. The number of ether oxygens (including phenoxy) is 4. The molecule has 0 aromatic heterocycles. The Kier molecular flexibility index (Phi) is 7.38. The molecule has 0 bridgehead atoms. The molecule has 1 atom stereocenters. The fourth-order valence-electron chi connectivity index (χ4n) is 3.66. The van der Waals surface area contributed by atoms with Crippen molar-refractivity contribution in [3.63, 3.8) is 0 Å². The van der Waals surface area contributed by atoms with E-state index in [0.29, 0.717) is 44.3 Å². The van der Waals surface area contributed by atoms with Crippen LogP contribution in [0.1, 0.15) is 38.7 Å². The van der Waals surface area contributed by atoms with Crippen molar-refractivity contribution in [1.82, 2.24) is 4.90 Å². The number of halogens is 1. The molecule has 0 radical (unpaired) electrons. The predicted molar refractivity (Wildman–Crippen MR) is 105 cm³/mol. The SMILES string of the molecule is CCOc1cc(Br)c(CC(=O)N2CCCCC2C2OCCO2)cc1OCC. The minimum atomic E-state index is -0.294. The third-order valence-electron chi connectivity index (χ3n) is 4.89. The third kappa shape index (κ3) is 4.95. The van der Waals surface area contributed by atoms with Gasteiger partial charge >= 0.3 is 0 Å². The summed E-state index contributed by atoms with van der Waals surface area (Å²) in [5.41, 5.74) is 0.893. The largest absolute Gasteiger partial charge is 0.490 e. The molecule has 2 aliphatic rings. The number of carbonyl (C=O) groups excluding carboxylic acids is 1. The molecule has 0 saturated carbocycles. The zero-order valence-electron chi connectivity index (χ0n) is 16.0. The number of nitrogens with zero attached hydrogens (tertiary/aromatic N) is 1. The lowest BCUT2D eigenvalue weighted by Crippen LogP contribution is -2.50. The summed E-state index contributed by atoms with van der Waals surface area (Å²) in [7, 11) is 0. The third-order valence-corrected chi connectivity index (χ3v) is 5.62. The standard InChI is InChI=1S/C20H28BrNO5/c1-3-24-17-11-14(15(21)13-18(17)25-4-2)12-19(23)22-8-6-5-7-16(22)20-26-9-10-27-20/h11,13,16,20H,3-10,12H2,1-2H3. The number of piperidine rings is 1. The van der Waals surface area contributed by atoms with Gasteiger partial charge in [-0.05, 0) is 50.8 Å². The molecule has 0 N–H and O–H groups in total. The van der Waals surface area contributed by atoms with Crippen LogP contribution < -0.4 is 9.47 Å². The Morgan fingerprint density at radius 2 is 1.81 bits per heavy atom. The van der Waals surface area contributed by atoms with Gasteiger partial charge in [-0.1, -0.05) is 15.9 Å². The van der Waals surface area contributed by atoms with Crippen LogP contribution in [-0.2, 0) is 20.7 Å². The fraction of sp³-hybridized carbons (Fsp3) is 0.650. The highest BCUT2D eigenvalue weighted by molar-refractivity contribution is 9.10. The molecule has 2 aliphatic heterocycles. The average Bonchev–Trinajstić information content (AvgIpc) is 3.20. The predicted octanol–water partition coefficient (Wildman–Crippen LogP) is 3.54. The highest BCUT2D eigenvalue weighted by Crippen LogP contribution is 2.35. The van der Waals surface area contributed by atoms with Gasteiger partial charge in [0.05, 0.1) is 38.9 Å². The second kappa shape index (κ2) is 9.75. The zero-order chi connectivity index (χ0) is 19.2. The summed E-state index contributed by atoms with van der Waals surface area (Å²) >= 11 is 3.58. The van der Waals surface area contributed by atoms with Gasteiger partial charge in [-0.25, -0.2) is 0 Å². The first-order valence-electron chi connectivity index (χ1n) is 9.74. The number of hydrogen-bond acceptors (Lipinski definition) is 5. The van der Waals surface area contributed by atoms with E-state index in [0.717, 1.165) is 35.8 Å². The van der Waals surface area contributed by atoms with Gasteiger partial charge in [0.2, 0.25) is 5.91 Å². The summed E-state index contributed by atoms with van der Waals surface area (Å²) in [6, 6.07) is 3.79. The summed E-state index contributed by atoms with van der Waals surface area (Å²) in [5.74, 6) is 1.44. The Hall–Kier alpha value is -1.31. The van der Waals surface area contributed by atoms with E-state index in [1.165, 1.54) is 0 Å². The molecule has 0 spiro atoms. The first-order chi connectivity index (χ1) is 13.1. The smallest absolute Gasteiger partial charge is 0.227 e. The minimum Gasteiger partial charge on any atom is -0.490 e. The molecule has 7 heteroatoms. The summed E-state index contributed by atoms with van der Waals surface area (Å²) in [6.45, 7) is 6.92. The van der Waals surface area contributed by atoms with Crippen LogP contribution in [0.3, 0.4) is 0 Å². The van der Waals surface area contributed by atoms with Crippen LogP contribution in [-0.4, -0.2) is 56.1 Å². The van der Waals surface area contributed by atoms with Gasteiger partial charge in [0.25, 0.3) is 0 Å². The molecule has 150 valence electrons. The molecule has 1 unspecified atom stereocenters. The van der Waals surface area contributed by atoms with Gasteiger partial charge in [-0.2, -0.15) is 0 Å². The molecular weight excluding hydrogens is 414 g/mol. The first kappa shape index (κ1) is 20.4. The van der Waals surface area contributed by atoms with E-state index in [-0.39, 0.29) is 18.2 Å². The molecule has 2 saturated heterocycles. The molecule has 27 heavy (non-hydrogen) atoms. The molecule has 3 rings (SSSR count). The maximum Gasteiger partial charge on any atom is 0.227 e. The Morgan fingerprint density at radius 3 is 2.48 bits per heavy atom. The topological polar surface area (TPSA) is 57.2 Å². The molecular formula is C20H28BrNO5. The van der Waals surface area contributed by atoms with Crippen LogP contribution in [0.2, 0.25) is 0 Å². The van der Waals surface area contributed by atoms with Gasteiger partial charge in [-0.3, -0.25) is 4.79 Å². The van der Waals surface area contributed by atoms with E-state index in [1.54, 1.807) is 0 Å². The van der Waals surface area contributed by atoms with E-state index in [4.69, 9.17) is 18.9 Å². The van der Waals surface area contributed by atoms with Crippen molar-refractivity contribution in [3.8, 4) is 11.5 Å². The lowest BCUT2D eigenvalue weighted by Gasteiger charge is -2.38. The maximum absolute atomic E-state index is 13.1. The van der Waals surface area contributed by atoms with Gasteiger partial charge in [0, 0.05) is 11.0 Å². The highest BCUT2D eigenvalue weighted by Gasteiger charge is 2.36. The van der Waals surface area contributed by atoms with Gasteiger partial charge in [0.1, 0.15) is 0 Å². The summed E-state index contributed by atoms with van der Waals surface area (Å²) in [6.07, 6.45) is 3.04. The van der Waals surface area contributed by atoms with Gasteiger partial charge in [-0.15, -0.1) is 0 Å². The van der Waals surface area contributed by atoms with E-state index >= 15 is 0 Å². The first-order valence-corrected chi connectivity index (χ1v) is 10.5. The number of benzene rings is 1. The van der Waals surface area contributed by atoms with E-state index in [2.05, 4.69) is 15.9 Å². The van der Waals surface area contributed by atoms with Crippen LogP contribution in [0.4, 0.5) is 0 Å². The van der Waals surface area contributed by atoms with Crippen LogP contribution in [0.15, 0.2) is 16.6 Å². The summed E-state index contributed by atoms with van der Waals surface area (Å²) in [5, 5.41) is 0. The second-order valence-electron chi connectivity index (χ2n) is 6.69. The Labute approximate surface area is 169 Å². The van der Waals surface area contributed by atoms with Crippen molar-refractivity contribution in [2.45, 2.75) is 51.9 Å². The normalized spacial score (nSPS) is 20.7. The summed E-state index contributed by atoms with van der Waals surface area (Å²) < 4.78 is 23.6. The molecule has 1 aromatic rings. The van der Waals surface area contributed by atoms with Crippen LogP contribution in [0.25, 0.3) is 0 Å². The molecule has 0 aliphatic carbocycles. The molecule has 1 aromatic carbocycles. The minimum absolute atomic E-state index is 0.00147. The number of amides is 1. The van der Waals surface area contributed by atoms with Crippen molar-refractivity contribution >= 4 is 21.8 Å². The van der Waals surface area contributed by atoms with Crippen molar-refractivity contribution in [2.75, 3.05) is 33.0 Å². The van der Waals surface area contributed by atoms with Crippen LogP contribution in [0, 0.1) is 0 Å². The van der Waals surface area contributed by atoms with Crippen LogP contribution in [0.5, 0.6) is 11.5 Å². The monoisotopic (exact) mass is 441 g/mol. The van der Waals surface area contributed by atoms with Gasteiger partial charge < -0.3 is 23.8 Å². The van der Waals surface area contributed by atoms with E-state index in [9.17, 15) is 4.79 Å². The van der Waals surface area contributed by atoms with Gasteiger partial charge in [0.15, 0.2) is 17.8 Å². The zero-order valence-corrected chi connectivity index (χ0v) is 17.6.